The van der Waals surface area contributed by atoms with Crippen LogP contribution in [0, 0.1) is 0 Å². The van der Waals surface area contributed by atoms with E-state index in [9.17, 15) is 24.3 Å². The number of ether oxygens (including phenoxy) is 1. The molecule has 9 nitrogen and oxygen atoms in total. The number of rotatable bonds is 13. The Hall–Kier alpha value is -5.84. The molecule has 5 aromatic rings. The van der Waals surface area contributed by atoms with Gasteiger partial charge in [-0.3, -0.25) is 14.4 Å². The van der Waals surface area contributed by atoms with Crippen molar-refractivity contribution in [1.82, 2.24) is 5.32 Å². The smallest absolute Gasteiger partial charge is 0.335 e. The minimum atomic E-state index is -1.13. The van der Waals surface area contributed by atoms with Gasteiger partial charge in [-0.1, -0.05) is 72.3 Å². The van der Waals surface area contributed by atoms with Gasteiger partial charge < -0.3 is 25.8 Å². The Balaban J connectivity index is 1.22. The maximum Gasteiger partial charge on any atom is 0.335 e. The van der Waals surface area contributed by atoms with E-state index >= 15 is 0 Å². The number of nitrogens with one attached hydrogen (secondary N) is 3. The molecule has 49 heavy (non-hydrogen) atoms. The van der Waals surface area contributed by atoms with E-state index < -0.39 is 17.8 Å². The van der Waals surface area contributed by atoms with Crippen molar-refractivity contribution >= 4 is 64.5 Å². The predicted octanol–water partition coefficient (Wildman–Crippen LogP) is 7.76. The Bertz CT molecular complexity index is 1970. The average molecular weight is 692 g/mol. The molecule has 0 unspecified atom stereocenters. The maximum atomic E-state index is 13.5. The van der Waals surface area contributed by atoms with E-state index in [0.717, 1.165) is 10.5 Å². The van der Waals surface area contributed by atoms with Crippen molar-refractivity contribution in [1.29, 1.82) is 0 Å². The second-order valence-corrected chi connectivity index (χ2v) is 12.0. The first-order chi connectivity index (χ1) is 23.7. The lowest BCUT2D eigenvalue weighted by molar-refractivity contribution is -0.114. The molecule has 0 aliphatic carbocycles. The van der Waals surface area contributed by atoms with Gasteiger partial charge in [0.05, 0.1) is 22.0 Å². The molecule has 4 N–H and O–H groups in total. The van der Waals surface area contributed by atoms with Gasteiger partial charge in [-0.15, -0.1) is 11.8 Å². The van der Waals surface area contributed by atoms with Crippen LogP contribution in [0.3, 0.4) is 0 Å². The number of aromatic carboxylic acids is 1. The van der Waals surface area contributed by atoms with Crippen molar-refractivity contribution in [2.45, 2.75) is 11.5 Å². The van der Waals surface area contributed by atoms with E-state index in [1.807, 2.05) is 30.3 Å². The molecule has 0 saturated carbocycles. The standard InChI is InChI=1S/C38H30ClN3O6S/c39-32-20-13-28(38(46)47)22-33(32)41-35(43)24-49-31-18-14-29(15-19-31)40-37(45)34(42-36(44)27-9-5-2-6-10-27)21-25-11-16-30(17-12-25)48-23-26-7-3-1-4-8-26/h1-22H,23-24H2,(H,40,45)(H,41,43)(H,42,44)(H,46,47)/b34-21-. The second-order valence-electron chi connectivity index (χ2n) is 10.5. The van der Waals surface area contributed by atoms with Crippen LogP contribution in [0.4, 0.5) is 11.4 Å². The van der Waals surface area contributed by atoms with Crippen LogP contribution in [0.25, 0.3) is 6.08 Å². The Labute approximate surface area is 292 Å². The topological polar surface area (TPSA) is 134 Å². The summed E-state index contributed by atoms with van der Waals surface area (Å²) in [4.78, 5) is 51.0. The number of hydrogen-bond acceptors (Lipinski definition) is 6. The van der Waals surface area contributed by atoms with Gasteiger partial charge in [-0.2, -0.15) is 0 Å². The fraction of sp³-hybridized carbons (Fsp3) is 0.0526. The molecular weight excluding hydrogens is 662 g/mol. The van der Waals surface area contributed by atoms with Gasteiger partial charge in [-0.05, 0) is 83.9 Å². The molecule has 5 aromatic carbocycles. The largest absolute Gasteiger partial charge is 0.489 e. The first kappa shape index (κ1) is 34.5. The highest BCUT2D eigenvalue weighted by Gasteiger charge is 2.16. The second kappa shape index (κ2) is 16.8. The van der Waals surface area contributed by atoms with Gasteiger partial charge in [0, 0.05) is 16.1 Å². The van der Waals surface area contributed by atoms with E-state index in [2.05, 4.69) is 16.0 Å². The number of carbonyl (C=O) groups is 4. The van der Waals surface area contributed by atoms with Crippen molar-refractivity contribution in [3.63, 3.8) is 0 Å². The number of anilines is 2. The molecule has 0 aliphatic heterocycles. The van der Waals surface area contributed by atoms with E-state index in [0.29, 0.717) is 29.2 Å². The van der Waals surface area contributed by atoms with Crippen LogP contribution in [0.1, 0.15) is 31.8 Å². The Morgan fingerprint density at radius 3 is 2.10 bits per heavy atom. The molecule has 0 radical (unpaired) electrons. The Kier molecular flexibility index (Phi) is 11.8. The Morgan fingerprint density at radius 2 is 1.43 bits per heavy atom. The summed E-state index contributed by atoms with van der Waals surface area (Å²) < 4.78 is 5.87. The number of carboxylic acids is 1. The van der Waals surface area contributed by atoms with Crippen LogP contribution in [0.5, 0.6) is 5.75 Å². The van der Waals surface area contributed by atoms with E-state index in [-0.39, 0.29) is 33.6 Å². The van der Waals surface area contributed by atoms with Crippen LogP contribution in [-0.4, -0.2) is 34.6 Å². The van der Waals surface area contributed by atoms with Crippen LogP contribution >= 0.6 is 23.4 Å². The quantitative estimate of drug-likeness (QED) is 0.0733. The molecule has 0 bridgehead atoms. The predicted molar refractivity (Wildman–Crippen MR) is 192 cm³/mol. The number of benzene rings is 5. The van der Waals surface area contributed by atoms with Gasteiger partial charge in [0.2, 0.25) is 5.91 Å². The van der Waals surface area contributed by atoms with Gasteiger partial charge >= 0.3 is 5.97 Å². The monoisotopic (exact) mass is 691 g/mol. The molecule has 5 rings (SSSR count). The van der Waals surface area contributed by atoms with Crippen molar-refractivity contribution in [3.8, 4) is 5.75 Å². The van der Waals surface area contributed by atoms with Crippen molar-refractivity contribution in [3.05, 3.63) is 160 Å². The highest BCUT2D eigenvalue weighted by Crippen LogP contribution is 2.25. The summed E-state index contributed by atoms with van der Waals surface area (Å²) in [6.07, 6.45) is 1.58. The number of halogens is 1. The third-order valence-corrected chi connectivity index (χ3v) is 8.28. The average Bonchev–Trinajstić information content (AvgIpc) is 3.12. The molecular formula is C38H30ClN3O6S. The van der Waals surface area contributed by atoms with Crippen molar-refractivity contribution in [2.24, 2.45) is 0 Å². The summed E-state index contributed by atoms with van der Waals surface area (Å²) in [6, 6.07) is 36.5. The van der Waals surface area contributed by atoms with Crippen molar-refractivity contribution < 1.29 is 29.0 Å². The lowest BCUT2D eigenvalue weighted by atomic mass is 10.1. The number of carboxylic acid groups (broad SMARTS) is 1. The normalized spacial score (nSPS) is 10.9. The molecule has 0 heterocycles. The Morgan fingerprint density at radius 1 is 0.755 bits per heavy atom. The summed E-state index contributed by atoms with van der Waals surface area (Å²) in [7, 11) is 0. The molecule has 0 atom stereocenters. The summed E-state index contributed by atoms with van der Waals surface area (Å²) in [5, 5.41) is 17.6. The highest BCUT2D eigenvalue weighted by atomic mass is 35.5. The van der Waals surface area contributed by atoms with Gasteiger partial charge in [-0.25, -0.2) is 4.79 Å². The lowest BCUT2D eigenvalue weighted by Gasteiger charge is -2.12. The maximum absolute atomic E-state index is 13.5. The van der Waals surface area contributed by atoms with Crippen LogP contribution in [0.15, 0.2) is 138 Å². The van der Waals surface area contributed by atoms with Crippen LogP contribution in [0.2, 0.25) is 5.02 Å². The van der Waals surface area contributed by atoms with E-state index in [4.69, 9.17) is 16.3 Å². The molecule has 0 aliphatic rings. The highest BCUT2D eigenvalue weighted by molar-refractivity contribution is 8.00. The summed E-state index contributed by atoms with van der Waals surface area (Å²) >= 11 is 7.35. The van der Waals surface area contributed by atoms with E-state index in [1.54, 1.807) is 84.9 Å². The molecule has 0 saturated heterocycles. The minimum Gasteiger partial charge on any atom is -0.489 e. The molecule has 0 aromatic heterocycles. The van der Waals surface area contributed by atoms with Gasteiger partial charge in [0.25, 0.3) is 11.8 Å². The first-order valence-electron chi connectivity index (χ1n) is 15.0. The minimum absolute atomic E-state index is 0.00431. The van der Waals surface area contributed by atoms with Gasteiger partial charge in [0.15, 0.2) is 0 Å². The van der Waals surface area contributed by atoms with Crippen LogP contribution < -0.4 is 20.7 Å². The summed E-state index contributed by atoms with van der Waals surface area (Å²) in [6.45, 7) is 0.416. The third-order valence-electron chi connectivity index (χ3n) is 6.94. The van der Waals surface area contributed by atoms with Crippen molar-refractivity contribution in [2.75, 3.05) is 16.4 Å². The fourth-order valence-electron chi connectivity index (χ4n) is 4.43. The molecule has 11 heteroatoms. The number of amides is 3. The zero-order chi connectivity index (χ0) is 34.6. The first-order valence-corrected chi connectivity index (χ1v) is 16.3. The number of thioether (sulfide) groups is 1. The zero-order valence-corrected chi connectivity index (χ0v) is 27.5. The van der Waals surface area contributed by atoms with E-state index in [1.165, 1.54) is 30.0 Å². The zero-order valence-electron chi connectivity index (χ0n) is 25.9. The number of carbonyl (C=O) groups excluding carboxylic acids is 3. The summed E-state index contributed by atoms with van der Waals surface area (Å²) in [5.74, 6) is -1.78. The lowest BCUT2D eigenvalue weighted by Crippen LogP contribution is -2.30. The van der Waals surface area contributed by atoms with Crippen LogP contribution in [-0.2, 0) is 16.2 Å². The van der Waals surface area contributed by atoms with Gasteiger partial charge in [0.1, 0.15) is 18.1 Å². The molecule has 0 spiro atoms. The number of hydrogen-bond donors (Lipinski definition) is 4. The molecule has 0 fully saturated rings. The fourth-order valence-corrected chi connectivity index (χ4v) is 5.30. The summed E-state index contributed by atoms with van der Waals surface area (Å²) in [5.41, 5.74) is 2.83. The molecule has 246 valence electrons. The molecule has 3 amide bonds. The SMILES string of the molecule is O=C(CSc1ccc(NC(=O)/C(=C/c2ccc(OCc3ccccc3)cc2)NC(=O)c2ccccc2)cc1)Nc1cc(C(=O)O)ccc1Cl. The third kappa shape index (κ3) is 10.3.